The summed E-state index contributed by atoms with van der Waals surface area (Å²) in [4.78, 5) is 66.8. The van der Waals surface area contributed by atoms with Crippen LogP contribution in [0.2, 0.25) is 0 Å². The first-order valence-corrected chi connectivity index (χ1v) is 18.0. The van der Waals surface area contributed by atoms with Gasteiger partial charge in [-0.15, -0.1) is 5.06 Å². The third-order valence-electron chi connectivity index (χ3n) is 8.33. The summed E-state index contributed by atoms with van der Waals surface area (Å²) in [5.74, 6) is -1.80. The number of fused-ring (bicyclic) bond motifs is 1. The lowest BCUT2D eigenvalue weighted by atomic mass is 9.93. The van der Waals surface area contributed by atoms with Crippen molar-refractivity contribution in [1.29, 1.82) is 0 Å². The van der Waals surface area contributed by atoms with Crippen LogP contribution in [0.4, 0.5) is 0 Å². The minimum Gasteiger partial charge on any atom is -0.379 e. The highest BCUT2D eigenvalue weighted by atomic mass is 16.7. The zero-order valence-corrected chi connectivity index (χ0v) is 30.4. The number of amides is 4. The third kappa shape index (κ3) is 14.3. The van der Waals surface area contributed by atoms with Gasteiger partial charge in [0.15, 0.2) is 0 Å². The highest BCUT2D eigenvalue weighted by Gasteiger charge is 2.32. The molecule has 2 aliphatic heterocycles. The van der Waals surface area contributed by atoms with Crippen molar-refractivity contribution in [3.05, 3.63) is 77.5 Å². The predicted molar refractivity (Wildman–Crippen MR) is 194 cm³/mol. The van der Waals surface area contributed by atoms with Crippen molar-refractivity contribution < 1.29 is 47.8 Å². The Morgan fingerprint density at radius 3 is 2.02 bits per heavy atom. The molecule has 0 bridgehead atoms. The van der Waals surface area contributed by atoms with Crippen molar-refractivity contribution in [3.8, 4) is 0 Å². The van der Waals surface area contributed by atoms with E-state index in [-0.39, 0.29) is 57.3 Å². The van der Waals surface area contributed by atoms with E-state index in [0.29, 0.717) is 64.0 Å². The number of imide groups is 1. The highest BCUT2D eigenvalue weighted by Crippen LogP contribution is 2.31. The van der Waals surface area contributed by atoms with Gasteiger partial charge in [-0.05, 0) is 42.0 Å². The maximum Gasteiger partial charge on any atom is 0.335 e. The molecule has 2 heterocycles. The number of hydrogen-bond donors (Lipinski definition) is 1. The number of benzene rings is 1. The van der Waals surface area contributed by atoms with Gasteiger partial charge in [0.1, 0.15) is 0 Å². The minimum absolute atomic E-state index is 0.0393. The van der Waals surface area contributed by atoms with Gasteiger partial charge in [-0.2, -0.15) is 0 Å². The molecule has 52 heavy (non-hydrogen) atoms. The fourth-order valence-corrected chi connectivity index (χ4v) is 5.54. The molecule has 1 aromatic rings. The molecule has 0 radical (unpaired) electrons. The number of nitrogens with zero attached hydrogens (tertiary/aromatic N) is 2. The Hall–Kier alpha value is -4.43. The molecule has 13 nitrogen and oxygen atoms in total. The van der Waals surface area contributed by atoms with E-state index < -0.39 is 17.8 Å². The van der Waals surface area contributed by atoms with Crippen molar-refractivity contribution in [2.45, 2.75) is 71.3 Å². The number of carbonyl (C=O) groups excluding carboxylic acids is 5. The normalized spacial score (nSPS) is 16.8. The van der Waals surface area contributed by atoms with Crippen LogP contribution in [0, 0.1) is 0 Å². The molecule has 1 fully saturated rings. The molecule has 0 aromatic heterocycles. The molecule has 0 atom stereocenters. The molecule has 3 rings (SSSR count). The van der Waals surface area contributed by atoms with Gasteiger partial charge in [-0.25, -0.2) is 4.79 Å². The van der Waals surface area contributed by atoms with Crippen molar-refractivity contribution in [2.24, 2.45) is 0 Å². The average Bonchev–Trinajstić information content (AvgIpc) is 3.45. The fraction of sp³-hybridized carbons (Fsp3) is 0.513. The summed E-state index contributed by atoms with van der Waals surface area (Å²) in [6.45, 7) is 13.5. The Bertz CT molecular complexity index is 1440. The first-order valence-electron chi connectivity index (χ1n) is 18.0. The first kappa shape index (κ1) is 42.0. The molecule has 4 amide bonds. The van der Waals surface area contributed by atoms with Gasteiger partial charge < -0.3 is 34.0 Å². The zero-order chi connectivity index (χ0) is 37.6. The maximum atomic E-state index is 13.5. The lowest BCUT2D eigenvalue weighted by Crippen LogP contribution is -2.32. The molecular weight excluding hydrogens is 670 g/mol. The minimum atomic E-state index is -0.712. The van der Waals surface area contributed by atoms with Crippen molar-refractivity contribution in [3.63, 3.8) is 0 Å². The van der Waals surface area contributed by atoms with E-state index >= 15 is 0 Å². The highest BCUT2D eigenvalue weighted by molar-refractivity contribution is 6.01. The number of unbranched alkanes of at least 4 members (excludes halogenated alkanes) is 2. The molecule has 0 saturated carbocycles. The molecule has 0 aliphatic carbocycles. The largest absolute Gasteiger partial charge is 0.379 e. The van der Waals surface area contributed by atoms with Crippen LogP contribution in [-0.4, -0.2) is 99.0 Å². The summed E-state index contributed by atoms with van der Waals surface area (Å²) in [5, 5.41) is 3.42. The van der Waals surface area contributed by atoms with Gasteiger partial charge >= 0.3 is 5.97 Å². The summed E-state index contributed by atoms with van der Waals surface area (Å²) in [6, 6.07) is 8.13. The van der Waals surface area contributed by atoms with E-state index in [1.165, 1.54) is 0 Å². The zero-order valence-electron chi connectivity index (χ0n) is 30.4. The number of hydrogen-bond acceptors (Lipinski definition) is 10. The molecule has 0 unspecified atom stereocenters. The van der Waals surface area contributed by atoms with Gasteiger partial charge in [0.25, 0.3) is 11.8 Å². The van der Waals surface area contributed by atoms with E-state index in [9.17, 15) is 24.0 Å². The fourth-order valence-electron chi connectivity index (χ4n) is 5.54. The van der Waals surface area contributed by atoms with Crippen LogP contribution in [0.3, 0.4) is 0 Å². The number of rotatable bonds is 25. The summed E-state index contributed by atoms with van der Waals surface area (Å²) < 4.78 is 21.6. The van der Waals surface area contributed by atoms with Crippen LogP contribution in [0.15, 0.2) is 66.4 Å². The van der Waals surface area contributed by atoms with Gasteiger partial charge in [0.05, 0.1) is 71.5 Å². The molecule has 2 aliphatic rings. The van der Waals surface area contributed by atoms with E-state index in [2.05, 4.69) is 43.6 Å². The second kappa shape index (κ2) is 23.9. The van der Waals surface area contributed by atoms with Crippen LogP contribution in [0.1, 0.15) is 75.8 Å². The van der Waals surface area contributed by atoms with Crippen molar-refractivity contribution in [2.75, 3.05) is 59.4 Å². The van der Waals surface area contributed by atoms with Crippen molar-refractivity contribution >= 4 is 35.7 Å². The van der Waals surface area contributed by atoms with Gasteiger partial charge in [0.2, 0.25) is 11.8 Å². The lowest BCUT2D eigenvalue weighted by Gasteiger charge is -2.29. The Morgan fingerprint density at radius 2 is 1.40 bits per heavy atom. The van der Waals surface area contributed by atoms with Gasteiger partial charge in [0, 0.05) is 37.8 Å². The van der Waals surface area contributed by atoms with Gasteiger partial charge in [-0.1, -0.05) is 62.9 Å². The van der Waals surface area contributed by atoms with Crippen LogP contribution in [-0.2, 0) is 54.3 Å². The molecular formula is C39H53N3O10. The number of hydroxylamine groups is 2. The van der Waals surface area contributed by atoms with Crippen molar-refractivity contribution in [1.82, 2.24) is 15.3 Å². The van der Waals surface area contributed by atoms with E-state index in [1.807, 2.05) is 23.1 Å². The summed E-state index contributed by atoms with van der Waals surface area (Å²) in [6.07, 6.45) is 9.49. The van der Waals surface area contributed by atoms with E-state index in [4.69, 9.17) is 23.8 Å². The van der Waals surface area contributed by atoms with Gasteiger partial charge in [-0.3, -0.25) is 19.2 Å². The number of nitrogens with one attached hydrogen (secondary N) is 1. The van der Waals surface area contributed by atoms with E-state index in [0.717, 1.165) is 47.2 Å². The number of ether oxygens (including phenoxy) is 4. The number of carbonyl (C=O) groups is 5. The van der Waals surface area contributed by atoms with E-state index in [1.54, 1.807) is 6.08 Å². The quantitative estimate of drug-likeness (QED) is 0.112. The summed E-state index contributed by atoms with van der Waals surface area (Å²) in [7, 11) is 0. The average molecular weight is 724 g/mol. The Labute approximate surface area is 306 Å². The lowest BCUT2D eigenvalue weighted by molar-refractivity contribution is -0.198. The van der Waals surface area contributed by atoms with Crippen LogP contribution in [0.25, 0.3) is 6.08 Å². The van der Waals surface area contributed by atoms with Crippen LogP contribution >= 0.6 is 0 Å². The molecule has 1 N–H and O–H groups in total. The summed E-state index contributed by atoms with van der Waals surface area (Å²) in [5.41, 5.74) is 5.02. The van der Waals surface area contributed by atoms with Crippen LogP contribution < -0.4 is 5.32 Å². The third-order valence-corrected chi connectivity index (χ3v) is 8.33. The standard InChI is InChI=1S/C39H53N3O10/c1-4-30-28-31-12-9-10-13-32(31)29-41(34(6-3)33(30)5-2)36(44)14-8-7-11-19-40-35(43)17-20-48-22-24-50-26-27-51-25-23-49-21-18-39(47)52-42-37(45)15-16-38(42)46/h5-6,9-10,12-13,28H,2-4,7-8,11,14-27,29H2,1H3,(H,40,43)/b30-28-,34-33-. The first-order chi connectivity index (χ1) is 25.3. The topological polar surface area (TPSA) is 150 Å². The SMILES string of the molecule is C=CC1=C(\C=C)N(C(=O)CCCCCNC(=O)CCOCCOCCOCCOCCC(=O)ON2C(=O)CCC2=O)Cc2ccccc2/C=C\1CC. The monoisotopic (exact) mass is 723 g/mol. The Morgan fingerprint density at radius 1 is 0.788 bits per heavy atom. The second-order valence-corrected chi connectivity index (χ2v) is 12.1. The maximum absolute atomic E-state index is 13.5. The Kier molecular flexibility index (Phi) is 19.3. The molecule has 1 saturated heterocycles. The molecule has 1 aromatic carbocycles. The number of allylic oxidation sites excluding steroid dienone is 4. The molecule has 284 valence electrons. The second-order valence-electron chi connectivity index (χ2n) is 12.1. The predicted octanol–water partition coefficient (Wildman–Crippen LogP) is 4.58. The Balaban J connectivity index is 1.15. The smallest absolute Gasteiger partial charge is 0.335 e. The molecule has 13 heteroatoms. The summed E-state index contributed by atoms with van der Waals surface area (Å²) >= 11 is 0. The van der Waals surface area contributed by atoms with Crippen LogP contribution in [0.5, 0.6) is 0 Å². The molecule has 0 spiro atoms.